The number of imidazole rings is 1. The van der Waals surface area contributed by atoms with Crippen molar-refractivity contribution in [2.24, 2.45) is 11.7 Å². The highest BCUT2D eigenvalue weighted by Crippen LogP contribution is 2.36. The van der Waals surface area contributed by atoms with Crippen LogP contribution in [0.4, 0.5) is 10.5 Å². The number of fused-ring (bicyclic) bond motifs is 3. The fraction of sp³-hybridized carbons (Fsp3) is 0.579. The Kier molecular flexibility index (Phi) is 3.95. The van der Waals surface area contributed by atoms with E-state index < -0.39 is 6.03 Å². The second-order valence-corrected chi connectivity index (χ2v) is 7.89. The molecule has 0 spiro atoms. The minimum absolute atomic E-state index is 0.445. The topological polar surface area (TPSA) is 67.4 Å². The number of nitrogens with zero attached hydrogens (tertiary/aromatic N) is 4. The van der Waals surface area contributed by atoms with E-state index in [1.807, 2.05) is 12.1 Å². The molecule has 4 heterocycles. The first-order chi connectivity index (χ1) is 12.0. The van der Waals surface area contributed by atoms with E-state index in [1.54, 1.807) is 4.57 Å². The Labute approximate surface area is 148 Å². The van der Waals surface area contributed by atoms with Crippen LogP contribution in [0.3, 0.4) is 0 Å². The minimum Gasteiger partial charge on any atom is -0.367 e. The van der Waals surface area contributed by atoms with Crippen LogP contribution in [-0.4, -0.2) is 52.7 Å². The summed E-state index contributed by atoms with van der Waals surface area (Å²) in [5, 5.41) is 0. The summed E-state index contributed by atoms with van der Waals surface area (Å²) in [5.41, 5.74) is 8.54. The van der Waals surface area contributed by atoms with E-state index in [-0.39, 0.29) is 0 Å². The zero-order valence-corrected chi connectivity index (χ0v) is 15.3. The smallest absolute Gasteiger partial charge is 0.324 e. The number of carbonyl (C=O) groups is 1. The molecule has 0 aliphatic carbocycles. The summed E-state index contributed by atoms with van der Waals surface area (Å²) in [6.45, 7) is 6.41. The molecule has 0 saturated carbocycles. The maximum Gasteiger partial charge on any atom is 0.324 e. The van der Waals surface area contributed by atoms with Gasteiger partial charge in [-0.1, -0.05) is 19.9 Å². The van der Waals surface area contributed by atoms with E-state index in [2.05, 4.69) is 36.8 Å². The van der Waals surface area contributed by atoms with Gasteiger partial charge < -0.3 is 10.6 Å². The molecule has 0 radical (unpaired) electrons. The molecule has 3 aliphatic rings. The van der Waals surface area contributed by atoms with E-state index in [0.29, 0.717) is 18.0 Å². The summed E-state index contributed by atoms with van der Waals surface area (Å²) in [6.07, 6.45) is 3.05. The summed E-state index contributed by atoms with van der Waals surface area (Å²) in [7, 11) is 2.21. The van der Waals surface area contributed by atoms with Crippen LogP contribution in [0.15, 0.2) is 18.2 Å². The first-order valence-corrected chi connectivity index (χ1v) is 9.22. The Balaban J connectivity index is 1.74. The first-order valence-electron chi connectivity index (χ1n) is 9.22. The van der Waals surface area contributed by atoms with Crippen molar-refractivity contribution in [1.82, 2.24) is 14.5 Å². The lowest BCUT2D eigenvalue weighted by molar-refractivity contribution is 0.0265. The third kappa shape index (κ3) is 2.68. The molecule has 6 nitrogen and oxygen atoms in total. The maximum absolute atomic E-state index is 12.1. The maximum atomic E-state index is 12.1. The SMILES string of the molecule is CC(C)CCc1nc2c(N3CC4CC(C3)N4C)cccc2n1C(N)=O. The van der Waals surface area contributed by atoms with Gasteiger partial charge >= 0.3 is 6.03 Å². The lowest BCUT2D eigenvalue weighted by atomic mass is 9.88. The Morgan fingerprint density at radius 2 is 2.04 bits per heavy atom. The second-order valence-electron chi connectivity index (χ2n) is 7.89. The molecule has 2 unspecified atom stereocenters. The van der Waals surface area contributed by atoms with Gasteiger partial charge in [0.05, 0.1) is 11.2 Å². The number of anilines is 1. The highest BCUT2D eigenvalue weighted by Gasteiger charge is 2.42. The van der Waals surface area contributed by atoms with Crippen LogP contribution in [0.5, 0.6) is 0 Å². The van der Waals surface area contributed by atoms with Crippen LogP contribution < -0.4 is 10.6 Å². The molecule has 3 saturated heterocycles. The fourth-order valence-corrected chi connectivity index (χ4v) is 4.21. The van der Waals surface area contributed by atoms with Gasteiger partial charge in [0, 0.05) is 31.6 Å². The summed E-state index contributed by atoms with van der Waals surface area (Å²) < 4.78 is 1.60. The van der Waals surface area contributed by atoms with Crippen molar-refractivity contribution in [3.8, 4) is 0 Å². The normalized spacial score (nSPS) is 23.3. The molecule has 134 valence electrons. The number of aryl methyl sites for hydroxylation is 1. The molecule has 1 aromatic heterocycles. The van der Waals surface area contributed by atoms with Crippen molar-refractivity contribution in [2.45, 2.75) is 45.2 Å². The molecule has 2 bridgehead atoms. The molecule has 2 atom stereocenters. The van der Waals surface area contributed by atoms with E-state index in [9.17, 15) is 4.79 Å². The number of para-hydroxylation sites is 1. The van der Waals surface area contributed by atoms with Gasteiger partial charge in [-0.2, -0.15) is 0 Å². The highest BCUT2D eigenvalue weighted by molar-refractivity contribution is 5.96. The molecule has 1 aromatic carbocycles. The summed E-state index contributed by atoms with van der Waals surface area (Å²) >= 11 is 0. The summed E-state index contributed by atoms with van der Waals surface area (Å²) in [5.74, 6) is 1.34. The molecule has 3 fully saturated rings. The van der Waals surface area contributed by atoms with Gasteiger partial charge in [-0.05, 0) is 37.9 Å². The summed E-state index contributed by atoms with van der Waals surface area (Å²) in [6, 6.07) is 6.90. The minimum atomic E-state index is -0.445. The highest BCUT2D eigenvalue weighted by atomic mass is 16.2. The third-order valence-electron chi connectivity index (χ3n) is 5.80. The summed E-state index contributed by atoms with van der Waals surface area (Å²) in [4.78, 5) is 21.8. The number of hydrogen-bond donors (Lipinski definition) is 1. The quantitative estimate of drug-likeness (QED) is 0.927. The van der Waals surface area contributed by atoms with E-state index in [1.165, 1.54) is 6.42 Å². The Morgan fingerprint density at radius 3 is 2.64 bits per heavy atom. The standard InChI is InChI=1S/C19H27N5O/c1-12(2)7-8-17-21-18-15(5-4-6-16(18)24(17)19(20)25)23-10-13-9-14(11-23)22(13)3/h4-6,12-14H,7-11H2,1-3H3,(H2,20,25). The Morgan fingerprint density at radius 1 is 1.32 bits per heavy atom. The average molecular weight is 341 g/mol. The van der Waals surface area contributed by atoms with Crippen LogP contribution in [0.25, 0.3) is 11.0 Å². The molecular weight excluding hydrogens is 314 g/mol. The molecule has 2 N–H and O–H groups in total. The number of aromatic nitrogens is 2. The lowest BCUT2D eigenvalue weighted by Crippen LogP contribution is -2.67. The average Bonchev–Trinajstić information content (AvgIpc) is 2.98. The lowest BCUT2D eigenvalue weighted by Gasteiger charge is -2.55. The number of piperidine rings is 1. The van der Waals surface area contributed by atoms with Crippen LogP contribution >= 0.6 is 0 Å². The zero-order valence-electron chi connectivity index (χ0n) is 15.3. The second kappa shape index (κ2) is 6.02. The molecule has 25 heavy (non-hydrogen) atoms. The first kappa shape index (κ1) is 16.4. The molecular formula is C19H27N5O. The van der Waals surface area contributed by atoms with Gasteiger partial charge in [0.1, 0.15) is 11.3 Å². The largest absolute Gasteiger partial charge is 0.367 e. The van der Waals surface area contributed by atoms with Crippen LogP contribution in [0.2, 0.25) is 0 Å². The molecule has 5 rings (SSSR count). The number of nitrogens with two attached hydrogens (primary N) is 1. The number of amides is 1. The molecule has 6 heteroatoms. The van der Waals surface area contributed by atoms with E-state index in [0.717, 1.165) is 48.5 Å². The van der Waals surface area contributed by atoms with Crippen molar-refractivity contribution in [3.05, 3.63) is 24.0 Å². The van der Waals surface area contributed by atoms with Crippen molar-refractivity contribution < 1.29 is 4.79 Å². The molecule has 1 amide bonds. The predicted molar refractivity (Wildman–Crippen MR) is 100 cm³/mol. The number of hydrogen-bond acceptors (Lipinski definition) is 4. The zero-order chi connectivity index (χ0) is 17.7. The van der Waals surface area contributed by atoms with Gasteiger partial charge in [-0.3, -0.25) is 4.90 Å². The van der Waals surface area contributed by atoms with Gasteiger partial charge in [0.25, 0.3) is 0 Å². The Bertz CT molecular complexity index is 799. The predicted octanol–water partition coefficient (Wildman–Crippen LogP) is 2.44. The van der Waals surface area contributed by atoms with Gasteiger partial charge in [0.15, 0.2) is 0 Å². The number of rotatable bonds is 4. The van der Waals surface area contributed by atoms with Gasteiger partial charge in [-0.25, -0.2) is 14.3 Å². The monoisotopic (exact) mass is 341 g/mol. The number of benzene rings is 1. The van der Waals surface area contributed by atoms with Crippen molar-refractivity contribution >= 4 is 22.8 Å². The van der Waals surface area contributed by atoms with E-state index in [4.69, 9.17) is 10.7 Å². The molecule has 2 aromatic rings. The third-order valence-corrected chi connectivity index (χ3v) is 5.80. The van der Waals surface area contributed by atoms with Gasteiger partial charge in [-0.15, -0.1) is 0 Å². The van der Waals surface area contributed by atoms with Crippen LogP contribution in [-0.2, 0) is 6.42 Å². The van der Waals surface area contributed by atoms with Crippen molar-refractivity contribution in [1.29, 1.82) is 0 Å². The molecule has 3 aliphatic heterocycles. The van der Waals surface area contributed by atoms with Gasteiger partial charge in [0.2, 0.25) is 0 Å². The number of primary amides is 1. The number of piperazine rings is 1. The van der Waals surface area contributed by atoms with Crippen molar-refractivity contribution in [3.63, 3.8) is 0 Å². The van der Waals surface area contributed by atoms with Crippen LogP contribution in [0.1, 0.15) is 32.5 Å². The van der Waals surface area contributed by atoms with E-state index >= 15 is 0 Å². The van der Waals surface area contributed by atoms with Crippen molar-refractivity contribution in [2.75, 3.05) is 25.0 Å². The Hall–Kier alpha value is -2.08. The number of likely N-dealkylation sites (N-methyl/N-ethyl adjacent to an activating group) is 1. The number of carbonyl (C=O) groups excluding carboxylic acids is 1. The van der Waals surface area contributed by atoms with Crippen LogP contribution in [0, 0.1) is 5.92 Å². The fourth-order valence-electron chi connectivity index (χ4n) is 4.21.